The smallest absolute Gasteiger partial charge is 0.256 e. The number of thiophene rings is 1. The van der Waals surface area contributed by atoms with Gasteiger partial charge in [-0.05, 0) is 35.7 Å². The fourth-order valence-electron chi connectivity index (χ4n) is 2.58. The molecule has 0 spiro atoms. The maximum Gasteiger partial charge on any atom is 0.256 e. The number of aromatic nitrogens is 2. The number of amides is 1. The molecule has 0 saturated heterocycles. The molecule has 25 heavy (non-hydrogen) atoms. The summed E-state index contributed by atoms with van der Waals surface area (Å²) in [6.45, 7) is 0. The Hall–Kier alpha value is -2.76. The van der Waals surface area contributed by atoms with Crippen molar-refractivity contribution in [2.75, 3.05) is 5.32 Å². The van der Waals surface area contributed by atoms with Crippen molar-refractivity contribution in [3.63, 3.8) is 0 Å². The van der Waals surface area contributed by atoms with Gasteiger partial charge in [0.15, 0.2) is 5.15 Å². The molecule has 3 heterocycles. The molecule has 1 amide bonds. The number of nitrogens with one attached hydrogen (secondary N) is 1. The summed E-state index contributed by atoms with van der Waals surface area (Å²) in [5.41, 5.74) is 2.58. The van der Waals surface area contributed by atoms with Crippen molar-refractivity contribution in [2.45, 2.75) is 0 Å². The van der Waals surface area contributed by atoms with E-state index in [0.717, 1.165) is 21.5 Å². The molecular weight excluding hydrogens is 354 g/mol. The lowest BCUT2D eigenvalue weighted by Crippen LogP contribution is -2.13. The summed E-state index contributed by atoms with van der Waals surface area (Å²) in [6, 6.07) is 16.8. The molecule has 0 bridgehead atoms. The standard InChI is InChI=1S/C19H12ClN3OS/c20-18-15(7-3-9-21-18)23-19(24)13-11-16(17-8-4-10-25-17)22-14-6-2-1-5-12(13)14/h1-11H,(H,23,24). The van der Waals surface area contributed by atoms with Gasteiger partial charge in [-0.15, -0.1) is 11.3 Å². The Kier molecular flexibility index (Phi) is 4.17. The Morgan fingerprint density at radius 2 is 1.96 bits per heavy atom. The maximum absolute atomic E-state index is 12.9. The first kappa shape index (κ1) is 15.7. The van der Waals surface area contributed by atoms with E-state index in [1.54, 1.807) is 29.7 Å². The molecule has 0 aliphatic carbocycles. The van der Waals surface area contributed by atoms with Crippen molar-refractivity contribution in [3.05, 3.63) is 76.9 Å². The van der Waals surface area contributed by atoms with E-state index in [4.69, 9.17) is 11.6 Å². The van der Waals surface area contributed by atoms with Crippen molar-refractivity contribution in [1.82, 2.24) is 9.97 Å². The molecule has 0 fully saturated rings. The molecule has 3 aromatic heterocycles. The van der Waals surface area contributed by atoms with Gasteiger partial charge in [0.2, 0.25) is 0 Å². The highest BCUT2D eigenvalue weighted by Gasteiger charge is 2.15. The predicted octanol–water partition coefficient (Wildman–Crippen LogP) is 5.26. The van der Waals surface area contributed by atoms with Crippen LogP contribution in [0.5, 0.6) is 0 Å². The largest absolute Gasteiger partial charge is 0.319 e. The van der Waals surface area contributed by atoms with Gasteiger partial charge >= 0.3 is 0 Å². The highest BCUT2D eigenvalue weighted by molar-refractivity contribution is 7.13. The van der Waals surface area contributed by atoms with E-state index in [-0.39, 0.29) is 11.1 Å². The second-order valence-corrected chi connectivity index (χ2v) is 6.65. The van der Waals surface area contributed by atoms with Crippen molar-refractivity contribution in [2.24, 2.45) is 0 Å². The normalized spacial score (nSPS) is 10.8. The van der Waals surface area contributed by atoms with Crippen LogP contribution in [-0.2, 0) is 0 Å². The molecule has 0 aliphatic rings. The Labute approximate surface area is 153 Å². The third-order valence-electron chi connectivity index (χ3n) is 3.74. The third kappa shape index (κ3) is 3.12. The number of para-hydroxylation sites is 1. The topological polar surface area (TPSA) is 54.9 Å². The average molecular weight is 366 g/mol. The number of pyridine rings is 2. The summed E-state index contributed by atoms with van der Waals surface area (Å²) in [4.78, 5) is 22.6. The quantitative estimate of drug-likeness (QED) is 0.503. The van der Waals surface area contributed by atoms with Crippen LogP contribution >= 0.6 is 22.9 Å². The monoisotopic (exact) mass is 365 g/mol. The summed E-state index contributed by atoms with van der Waals surface area (Å²) in [5, 5.41) is 5.87. The fourth-order valence-corrected chi connectivity index (χ4v) is 3.44. The number of carbonyl (C=O) groups is 1. The summed E-state index contributed by atoms with van der Waals surface area (Å²) in [6.07, 6.45) is 1.58. The van der Waals surface area contributed by atoms with E-state index in [0.29, 0.717) is 11.3 Å². The Morgan fingerprint density at radius 1 is 1.08 bits per heavy atom. The van der Waals surface area contributed by atoms with E-state index in [1.807, 2.05) is 47.8 Å². The first-order valence-electron chi connectivity index (χ1n) is 7.58. The van der Waals surface area contributed by atoms with Gasteiger partial charge in [-0.1, -0.05) is 35.9 Å². The molecule has 0 radical (unpaired) electrons. The zero-order valence-electron chi connectivity index (χ0n) is 12.9. The Bertz CT molecular complexity index is 1060. The highest BCUT2D eigenvalue weighted by Crippen LogP contribution is 2.28. The van der Waals surface area contributed by atoms with Gasteiger partial charge in [-0.25, -0.2) is 9.97 Å². The van der Waals surface area contributed by atoms with E-state index in [1.165, 1.54) is 0 Å². The fraction of sp³-hybridized carbons (Fsp3) is 0. The van der Waals surface area contributed by atoms with Crippen molar-refractivity contribution in [1.29, 1.82) is 0 Å². The first-order valence-corrected chi connectivity index (χ1v) is 8.83. The van der Waals surface area contributed by atoms with Crippen LogP contribution in [0.1, 0.15) is 10.4 Å². The van der Waals surface area contributed by atoms with E-state index in [9.17, 15) is 4.79 Å². The second-order valence-electron chi connectivity index (χ2n) is 5.35. The lowest BCUT2D eigenvalue weighted by atomic mass is 10.1. The van der Waals surface area contributed by atoms with Gasteiger partial charge in [-0.3, -0.25) is 4.79 Å². The molecule has 0 atom stereocenters. The molecule has 122 valence electrons. The number of benzene rings is 1. The second kappa shape index (κ2) is 6.63. The molecule has 1 N–H and O–H groups in total. The lowest BCUT2D eigenvalue weighted by Gasteiger charge is -2.10. The van der Waals surface area contributed by atoms with Gasteiger partial charge in [0.1, 0.15) is 0 Å². The Morgan fingerprint density at radius 3 is 2.76 bits per heavy atom. The molecule has 4 nitrogen and oxygen atoms in total. The minimum absolute atomic E-state index is 0.244. The number of rotatable bonds is 3. The minimum Gasteiger partial charge on any atom is -0.319 e. The summed E-state index contributed by atoms with van der Waals surface area (Å²) >= 11 is 7.64. The molecule has 6 heteroatoms. The number of fused-ring (bicyclic) bond motifs is 1. The number of carbonyl (C=O) groups excluding carboxylic acids is 1. The third-order valence-corrected chi connectivity index (χ3v) is 4.94. The van der Waals surface area contributed by atoms with Gasteiger partial charge < -0.3 is 5.32 Å². The van der Waals surface area contributed by atoms with Crippen LogP contribution in [0.15, 0.2) is 66.2 Å². The van der Waals surface area contributed by atoms with Gasteiger partial charge in [0.25, 0.3) is 5.91 Å². The molecule has 1 aromatic carbocycles. The molecular formula is C19H12ClN3OS. The first-order chi connectivity index (χ1) is 12.2. The maximum atomic E-state index is 12.9. The number of anilines is 1. The molecule has 4 aromatic rings. The van der Waals surface area contributed by atoms with E-state index in [2.05, 4.69) is 15.3 Å². The van der Waals surface area contributed by atoms with E-state index >= 15 is 0 Å². The van der Waals surface area contributed by atoms with Crippen LogP contribution in [0.2, 0.25) is 5.15 Å². The highest BCUT2D eigenvalue weighted by atomic mass is 35.5. The minimum atomic E-state index is -0.244. The SMILES string of the molecule is O=C(Nc1cccnc1Cl)c1cc(-c2cccs2)nc2ccccc12. The summed E-state index contributed by atoms with van der Waals surface area (Å²) in [5.74, 6) is -0.244. The van der Waals surface area contributed by atoms with Crippen molar-refractivity contribution in [3.8, 4) is 10.6 Å². The number of hydrogen-bond donors (Lipinski definition) is 1. The van der Waals surface area contributed by atoms with Crippen LogP contribution in [0, 0.1) is 0 Å². The van der Waals surface area contributed by atoms with Crippen LogP contribution in [0.4, 0.5) is 5.69 Å². The Balaban J connectivity index is 1.82. The van der Waals surface area contributed by atoms with Crippen LogP contribution < -0.4 is 5.32 Å². The summed E-state index contributed by atoms with van der Waals surface area (Å²) < 4.78 is 0. The zero-order valence-corrected chi connectivity index (χ0v) is 14.5. The molecule has 0 unspecified atom stereocenters. The number of halogens is 1. The predicted molar refractivity (Wildman–Crippen MR) is 102 cm³/mol. The van der Waals surface area contributed by atoms with Crippen LogP contribution in [-0.4, -0.2) is 15.9 Å². The van der Waals surface area contributed by atoms with Crippen LogP contribution in [0.25, 0.3) is 21.5 Å². The van der Waals surface area contributed by atoms with Gasteiger partial charge in [-0.2, -0.15) is 0 Å². The molecule has 0 saturated carbocycles. The van der Waals surface area contributed by atoms with Crippen molar-refractivity contribution < 1.29 is 4.79 Å². The van der Waals surface area contributed by atoms with E-state index < -0.39 is 0 Å². The average Bonchev–Trinajstić information content (AvgIpc) is 3.17. The van der Waals surface area contributed by atoms with Crippen molar-refractivity contribution >= 4 is 45.4 Å². The van der Waals surface area contributed by atoms with Gasteiger partial charge in [0.05, 0.1) is 27.3 Å². The number of nitrogens with zero attached hydrogens (tertiary/aromatic N) is 2. The molecule has 0 aliphatic heterocycles. The van der Waals surface area contributed by atoms with Crippen LogP contribution in [0.3, 0.4) is 0 Å². The van der Waals surface area contributed by atoms with Gasteiger partial charge in [0, 0.05) is 11.6 Å². The molecule has 4 rings (SSSR count). The lowest BCUT2D eigenvalue weighted by molar-refractivity contribution is 0.102. The zero-order chi connectivity index (χ0) is 17.2. The summed E-state index contributed by atoms with van der Waals surface area (Å²) in [7, 11) is 0. The number of hydrogen-bond acceptors (Lipinski definition) is 4.